The topological polar surface area (TPSA) is 208 Å². The molecule has 3 aromatic rings. The number of aromatic hydroxyl groups is 3. The quantitative estimate of drug-likeness (QED) is 0.243. The van der Waals surface area contributed by atoms with Crippen LogP contribution in [0.15, 0.2) is 28.8 Å². The van der Waals surface area contributed by atoms with Crippen molar-refractivity contribution in [3.63, 3.8) is 0 Å². The molecule has 0 fully saturated rings. The van der Waals surface area contributed by atoms with Crippen molar-refractivity contribution in [3.8, 4) is 17.2 Å². The van der Waals surface area contributed by atoms with Crippen LogP contribution in [0.25, 0.3) is 10.8 Å². The molecule has 1 atom stereocenters. The summed E-state index contributed by atoms with van der Waals surface area (Å²) in [7, 11) is 1.11. The van der Waals surface area contributed by atoms with Crippen LogP contribution in [0.5, 0.6) is 17.2 Å². The summed E-state index contributed by atoms with van der Waals surface area (Å²) in [5, 5.41) is 42.1. The molecule has 6 rings (SSSR count). The van der Waals surface area contributed by atoms with E-state index in [2.05, 4.69) is 4.98 Å². The number of fused-ring (bicyclic) bond motifs is 5. The first kappa shape index (κ1) is 23.2. The number of aromatic amines is 1. The number of carboxylic acids is 1. The zero-order valence-corrected chi connectivity index (χ0v) is 19.3. The molecule has 12 nitrogen and oxygen atoms in total. The number of benzene rings is 2. The Labute approximate surface area is 210 Å². The number of H-pyrrole nitrogens is 1. The van der Waals surface area contributed by atoms with Gasteiger partial charge in [0, 0.05) is 11.6 Å². The maximum Gasteiger partial charge on any atom is 0.352 e. The van der Waals surface area contributed by atoms with Gasteiger partial charge in [-0.15, -0.1) is 0 Å². The number of hydrogen-bond donors (Lipinski definition) is 5. The van der Waals surface area contributed by atoms with Crippen LogP contribution in [0.3, 0.4) is 0 Å². The fourth-order valence-corrected chi connectivity index (χ4v) is 5.85. The smallest absolute Gasteiger partial charge is 0.352 e. The van der Waals surface area contributed by atoms with Gasteiger partial charge in [0.05, 0.1) is 34.7 Å². The fraction of sp³-hybridized carbons (Fsp3) is 0.154. The molecule has 190 valence electrons. The monoisotopic (exact) mass is 517 g/mol. The minimum absolute atomic E-state index is 0.0357. The molecule has 0 aliphatic heterocycles. The number of hydrogen-bond acceptors (Lipinski definition) is 10. The first-order valence-corrected chi connectivity index (χ1v) is 11.2. The lowest BCUT2D eigenvalue weighted by Crippen LogP contribution is -2.36. The van der Waals surface area contributed by atoms with Crippen molar-refractivity contribution in [3.05, 3.63) is 73.4 Å². The molecule has 3 aliphatic carbocycles. The van der Waals surface area contributed by atoms with Crippen molar-refractivity contribution in [1.29, 1.82) is 0 Å². The molecule has 1 spiro atoms. The van der Waals surface area contributed by atoms with Gasteiger partial charge in [-0.05, 0) is 29.9 Å². The number of aromatic carboxylic acids is 1. The van der Waals surface area contributed by atoms with Gasteiger partial charge >= 0.3 is 5.97 Å². The number of aryl methyl sites for hydroxylation is 1. The minimum Gasteiger partial charge on any atom is -0.507 e. The van der Waals surface area contributed by atoms with Crippen LogP contribution in [0.2, 0.25) is 0 Å². The van der Waals surface area contributed by atoms with E-state index in [4.69, 9.17) is 4.74 Å². The third-order valence-electron chi connectivity index (χ3n) is 7.47. The van der Waals surface area contributed by atoms with Crippen LogP contribution in [0.4, 0.5) is 0 Å². The first-order valence-electron chi connectivity index (χ1n) is 11.2. The lowest BCUT2D eigenvalue weighted by Gasteiger charge is -2.22. The Kier molecular flexibility index (Phi) is 4.36. The van der Waals surface area contributed by atoms with Crippen LogP contribution in [-0.2, 0) is 16.6 Å². The van der Waals surface area contributed by atoms with Gasteiger partial charge in [-0.25, -0.2) is 4.79 Å². The summed E-state index contributed by atoms with van der Waals surface area (Å²) in [6.45, 7) is 0. The van der Waals surface area contributed by atoms with E-state index in [1.54, 1.807) is 0 Å². The average Bonchev–Trinajstić information content (AvgIpc) is 3.36. The van der Waals surface area contributed by atoms with Gasteiger partial charge < -0.3 is 30.1 Å². The van der Waals surface area contributed by atoms with Crippen LogP contribution in [0, 0.1) is 0 Å². The van der Waals surface area contributed by atoms with E-state index in [1.807, 2.05) is 0 Å². The Bertz CT molecular complexity index is 1860. The molecule has 1 aromatic heterocycles. The number of ketones is 4. The van der Waals surface area contributed by atoms with E-state index in [0.29, 0.717) is 0 Å². The largest absolute Gasteiger partial charge is 0.507 e. The van der Waals surface area contributed by atoms with Crippen molar-refractivity contribution in [2.75, 3.05) is 7.11 Å². The van der Waals surface area contributed by atoms with Crippen molar-refractivity contribution >= 4 is 39.9 Å². The molecule has 5 N–H and O–H groups in total. The highest BCUT2D eigenvalue weighted by Gasteiger charge is 2.61. The summed E-state index contributed by atoms with van der Waals surface area (Å²) < 4.78 is 4.87. The second-order valence-corrected chi connectivity index (χ2v) is 9.21. The van der Waals surface area contributed by atoms with Gasteiger partial charge in [0.1, 0.15) is 28.4 Å². The summed E-state index contributed by atoms with van der Waals surface area (Å²) in [5.41, 5.74) is -6.26. The van der Waals surface area contributed by atoms with E-state index < -0.39 is 91.0 Å². The average molecular weight is 517 g/mol. The number of nitrogens with one attached hydrogen (secondary N) is 1. The second kappa shape index (κ2) is 7.16. The number of Topliss-reactive ketones (excluding diaryl/α,β-unsaturated/α-hetero) is 3. The number of ether oxygens (including phenoxy) is 1. The molecule has 3 aliphatic rings. The maximum atomic E-state index is 13.9. The van der Waals surface area contributed by atoms with Crippen molar-refractivity contribution in [2.45, 2.75) is 18.3 Å². The van der Waals surface area contributed by atoms with Gasteiger partial charge in [0.2, 0.25) is 5.78 Å². The fourth-order valence-electron chi connectivity index (χ4n) is 5.85. The van der Waals surface area contributed by atoms with E-state index in [-0.39, 0.29) is 34.7 Å². The highest BCUT2D eigenvalue weighted by Crippen LogP contribution is 2.57. The molecule has 0 amide bonds. The zero-order valence-electron chi connectivity index (χ0n) is 19.3. The van der Waals surface area contributed by atoms with Crippen molar-refractivity contribution < 1.29 is 49.1 Å². The normalized spacial score (nSPS) is 19.6. The predicted molar refractivity (Wildman–Crippen MR) is 125 cm³/mol. The molecule has 0 saturated carbocycles. The van der Waals surface area contributed by atoms with Crippen molar-refractivity contribution in [2.24, 2.45) is 0 Å². The Morgan fingerprint density at radius 2 is 1.55 bits per heavy atom. The van der Waals surface area contributed by atoms with E-state index in [1.165, 1.54) is 6.07 Å². The molecule has 0 bridgehead atoms. The third-order valence-corrected chi connectivity index (χ3v) is 7.47. The molecular weight excluding hydrogens is 502 g/mol. The van der Waals surface area contributed by atoms with E-state index in [0.717, 1.165) is 19.3 Å². The van der Waals surface area contributed by atoms with Crippen LogP contribution in [-0.4, -0.2) is 61.6 Å². The molecule has 12 heteroatoms. The van der Waals surface area contributed by atoms with Crippen LogP contribution in [0.1, 0.15) is 69.5 Å². The summed E-state index contributed by atoms with van der Waals surface area (Å²) in [6, 6.07) is 2.51. The van der Waals surface area contributed by atoms with Gasteiger partial charge in [0.15, 0.2) is 23.1 Å². The number of rotatable bonds is 2. The van der Waals surface area contributed by atoms with E-state index >= 15 is 0 Å². The molecular formula is C26H15NO11. The van der Waals surface area contributed by atoms with Crippen LogP contribution >= 0.6 is 0 Å². The Morgan fingerprint density at radius 3 is 2.16 bits per heavy atom. The standard InChI is InChI=1S/C26H15NO11/c1-38-11-6-10(28)13-14(18(11)29)20(31)16-15(19(13)30)22(33)26(23(16)34)3-2-7-4-8-5-9(25(36)37)27-24(35)12(8)21(32)17(7)26/h4-6,30-32H,2-3H2,1H3,(H,27,35)(H,36,37)/t26-/m0/s1. The number of phenols is 3. The molecule has 0 unspecified atom stereocenters. The first-order chi connectivity index (χ1) is 17.9. The van der Waals surface area contributed by atoms with E-state index in [9.17, 15) is 49.2 Å². The Balaban J connectivity index is 1.65. The number of phenolic OH excluding ortho intramolecular Hbond substituents is 3. The maximum absolute atomic E-state index is 13.9. The Hall–Kier alpha value is -5.26. The lowest BCUT2D eigenvalue weighted by molar-refractivity contribution is 0.0688. The Morgan fingerprint density at radius 1 is 0.921 bits per heavy atom. The zero-order chi connectivity index (χ0) is 27.4. The molecule has 38 heavy (non-hydrogen) atoms. The number of methoxy groups -OCH3 is 1. The summed E-state index contributed by atoms with van der Waals surface area (Å²) >= 11 is 0. The van der Waals surface area contributed by atoms with Gasteiger partial charge in [0.25, 0.3) is 5.56 Å². The molecule has 1 heterocycles. The molecule has 2 aromatic carbocycles. The number of allylic oxidation sites excluding steroid dienone is 2. The third kappa shape index (κ3) is 2.48. The summed E-state index contributed by atoms with van der Waals surface area (Å²) in [5.74, 6) is -8.53. The minimum atomic E-state index is -2.17. The molecule has 0 radical (unpaired) electrons. The summed E-state index contributed by atoms with van der Waals surface area (Å²) in [4.78, 5) is 79.5. The SMILES string of the molecule is COC1=CC(=O)c2c(O)c3c(c(O)c2C1=O)C(=O)[C@]1(CCc2cc4cc(C(=O)O)[nH]c(=O)c4c(O)c21)C3=O. The number of carbonyl (C=O) groups excluding carboxylic acids is 4. The van der Waals surface area contributed by atoms with Gasteiger partial charge in [-0.3, -0.25) is 24.0 Å². The van der Waals surface area contributed by atoms with Gasteiger partial charge in [-0.1, -0.05) is 6.07 Å². The lowest BCUT2D eigenvalue weighted by atomic mass is 9.76. The summed E-state index contributed by atoms with van der Waals surface area (Å²) in [6.07, 6.45) is 0.594. The number of carboxylic acid groups (broad SMARTS) is 1. The van der Waals surface area contributed by atoms with Crippen LogP contribution < -0.4 is 5.56 Å². The number of pyridine rings is 1. The number of aromatic nitrogens is 1. The highest BCUT2D eigenvalue weighted by atomic mass is 16.5. The number of carbonyl (C=O) groups is 5. The highest BCUT2D eigenvalue weighted by molar-refractivity contribution is 6.38. The predicted octanol–water partition coefficient (Wildman–Crippen LogP) is 1.52. The van der Waals surface area contributed by atoms with Gasteiger partial charge in [-0.2, -0.15) is 0 Å². The van der Waals surface area contributed by atoms with Crippen molar-refractivity contribution in [1.82, 2.24) is 4.98 Å². The molecule has 0 saturated heterocycles. The second-order valence-electron chi connectivity index (χ2n) is 9.21.